The number of hydrazone groups is 1. The zero-order valence-electron chi connectivity index (χ0n) is 12.8. The van der Waals surface area contributed by atoms with Crippen LogP contribution in [0.1, 0.15) is 21.6 Å². The molecule has 3 rings (SSSR count). The van der Waals surface area contributed by atoms with Crippen LogP contribution >= 0.6 is 11.6 Å². The van der Waals surface area contributed by atoms with E-state index in [1.54, 1.807) is 30.9 Å². The van der Waals surface area contributed by atoms with Gasteiger partial charge in [0.15, 0.2) is 5.15 Å². The first-order chi connectivity index (χ1) is 11.7. The molecule has 0 fully saturated rings. The van der Waals surface area contributed by atoms with Crippen molar-refractivity contribution in [1.29, 1.82) is 0 Å². The second kappa shape index (κ2) is 7.06. The first-order valence-electron chi connectivity index (χ1n) is 7.19. The first-order valence-corrected chi connectivity index (χ1v) is 7.57. The SMILES string of the molecule is Cc1ccccc1-n1cnc(Cl)c1C=NNC(=O)c1ccncc1. The third-order valence-corrected chi connectivity index (χ3v) is 3.72. The Morgan fingerprint density at radius 2 is 2.00 bits per heavy atom. The first kappa shape index (κ1) is 15.9. The highest BCUT2D eigenvalue weighted by Crippen LogP contribution is 2.19. The van der Waals surface area contributed by atoms with Gasteiger partial charge in [0.2, 0.25) is 0 Å². The standard InChI is InChI=1S/C17H14ClN5O/c1-12-4-2-3-5-14(12)23-11-20-16(18)15(23)10-21-22-17(24)13-6-8-19-9-7-13/h2-11H,1H3,(H,22,24). The third-order valence-electron chi connectivity index (χ3n) is 3.43. The Morgan fingerprint density at radius 1 is 1.25 bits per heavy atom. The van der Waals surface area contributed by atoms with Crippen LogP contribution in [-0.4, -0.2) is 26.7 Å². The van der Waals surface area contributed by atoms with Crippen LogP contribution < -0.4 is 5.43 Å². The zero-order chi connectivity index (χ0) is 16.9. The smallest absolute Gasteiger partial charge is 0.271 e. The molecule has 0 radical (unpaired) electrons. The molecule has 0 saturated carbocycles. The highest BCUT2D eigenvalue weighted by molar-refractivity contribution is 6.31. The number of benzene rings is 1. The fourth-order valence-electron chi connectivity index (χ4n) is 2.20. The summed E-state index contributed by atoms with van der Waals surface area (Å²) >= 11 is 6.14. The summed E-state index contributed by atoms with van der Waals surface area (Å²) in [5.74, 6) is -0.327. The minimum Gasteiger partial charge on any atom is -0.296 e. The van der Waals surface area contributed by atoms with E-state index in [2.05, 4.69) is 20.5 Å². The van der Waals surface area contributed by atoms with E-state index >= 15 is 0 Å². The average Bonchev–Trinajstić information content (AvgIpc) is 2.97. The van der Waals surface area contributed by atoms with Crippen LogP contribution in [0, 0.1) is 6.92 Å². The van der Waals surface area contributed by atoms with Gasteiger partial charge in [-0.05, 0) is 30.7 Å². The fourth-order valence-corrected chi connectivity index (χ4v) is 2.38. The van der Waals surface area contributed by atoms with Crippen LogP contribution in [-0.2, 0) is 0 Å². The summed E-state index contributed by atoms with van der Waals surface area (Å²) in [6, 6.07) is 11.1. The van der Waals surface area contributed by atoms with Crippen molar-refractivity contribution in [3.05, 3.63) is 77.1 Å². The Hall–Kier alpha value is -2.99. The van der Waals surface area contributed by atoms with Crippen molar-refractivity contribution < 1.29 is 4.79 Å². The van der Waals surface area contributed by atoms with E-state index in [1.807, 2.05) is 35.8 Å². The number of para-hydroxylation sites is 1. The number of amides is 1. The van der Waals surface area contributed by atoms with Crippen LogP contribution in [0.25, 0.3) is 5.69 Å². The highest BCUT2D eigenvalue weighted by atomic mass is 35.5. The van der Waals surface area contributed by atoms with E-state index < -0.39 is 0 Å². The molecule has 1 aromatic carbocycles. The molecule has 120 valence electrons. The Balaban J connectivity index is 1.82. The molecule has 0 aliphatic heterocycles. The Bertz CT molecular complexity index is 889. The maximum absolute atomic E-state index is 12.0. The van der Waals surface area contributed by atoms with E-state index in [-0.39, 0.29) is 5.91 Å². The quantitative estimate of drug-likeness (QED) is 0.586. The summed E-state index contributed by atoms with van der Waals surface area (Å²) in [7, 11) is 0. The van der Waals surface area contributed by atoms with Crippen LogP contribution in [0.4, 0.5) is 0 Å². The van der Waals surface area contributed by atoms with Crippen LogP contribution in [0.3, 0.4) is 0 Å². The van der Waals surface area contributed by atoms with Crippen molar-refractivity contribution in [2.45, 2.75) is 6.92 Å². The lowest BCUT2D eigenvalue weighted by Gasteiger charge is -2.08. The second-order valence-corrected chi connectivity index (χ2v) is 5.37. The highest BCUT2D eigenvalue weighted by Gasteiger charge is 2.10. The number of rotatable bonds is 4. The largest absolute Gasteiger partial charge is 0.296 e. The molecule has 0 atom stereocenters. The van der Waals surface area contributed by atoms with Crippen molar-refractivity contribution >= 4 is 23.7 Å². The van der Waals surface area contributed by atoms with Gasteiger partial charge in [0.25, 0.3) is 5.91 Å². The molecule has 6 nitrogen and oxygen atoms in total. The lowest BCUT2D eigenvalue weighted by Crippen LogP contribution is -2.17. The molecular weight excluding hydrogens is 326 g/mol. The molecule has 2 aromatic heterocycles. The molecular formula is C17H14ClN5O. The van der Waals surface area contributed by atoms with E-state index in [0.29, 0.717) is 16.4 Å². The normalized spacial score (nSPS) is 10.9. The molecule has 1 N–H and O–H groups in total. The van der Waals surface area contributed by atoms with Crippen molar-refractivity contribution in [3.63, 3.8) is 0 Å². The van der Waals surface area contributed by atoms with Crippen molar-refractivity contribution in [1.82, 2.24) is 20.0 Å². The molecule has 0 aliphatic rings. The molecule has 3 aromatic rings. The number of imidazole rings is 1. The van der Waals surface area contributed by atoms with E-state index in [4.69, 9.17) is 11.6 Å². The zero-order valence-corrected chi connectivity index (χ0v) is 13.6. The van der Waals surface area contributed by atoms with Gasteiger partial charge in [0.05, 0.1) is 11.9 Å². The van der Waals surface area contributed by atoms with Gasteiger partial charge in [-0.3, -0.25) is 14.3 Å². The van der Waals surface area contributed by atoms with E-state index in [0.717, 1.165) is 11.3 Å². The van der Waals surface area contributed by atoms with Crippen molar-refractivity contribution in [2.24, 2.45) is 5.10 Å². The van der Waals surface area contributed by atoms with Gasteiger partial charge < -0.3 is 0 Å². The van der Waals surface area contributed by atoms with Gasteiger partial charge in [-0.15, -0.1) is 0 Å². The Kier molecular flexibility index (Phi) is 4.67. The minimum atomic E-state index is -0.327. The lowest BCUT2D eigenvalue weighted by molar-refractivity contribution is 0.0955. The number of aryl methyl sites for hydroxylation is 1. The van der Waals surface area contributed by atoms with Crippen LogP contribution in [0.15, 0.2) is 60.2 Å². The van der Waals surface area contributed by atoms with Crippen molar-refractivity contribution in [2.75, 3.05) is 0 Å². The Labute approximate surface area is 143 Å². The van der Waals surface area contributed by atoms with Gasteiger partial charge in [-0.1, -0.05) is 29.8 Å². The maximum atomic E-state index is 12.0. The van der Waals surface area contributed by atoms with E-state index in [1.165, 1.54) is 6.21 Å². The van der Waals surface area contributed by atoms with Crippen molar-refractivity contribution in [3.8, 4) is 5.69 Å². The van der Waals surface area contributed by atoms with Gasteiger partial charge in [-0.25, -0.2) is 10.4 Å². The number of nitrogens with one attached hydrogen (secondary N) is 1. The number of pyridine rings is 1. The second-order valence-electron chi connectivity index (χ2n) is 5.01. The van der Waals surface area contributed by atoms with Crippen LogP contribution in [0.2, 0.25) is 5.15 Å². The predicted molar refractivity (Wildman–Crippen MR) is 92.6 cm³/mol. The van der Waals surface area contributed by atoms with Crippen LogP contribution in [0.5, 0.6) is 0 Å². The predicted octanol–water partition coefficient (Wildman–Crippen LogP) is 2.99. The summed E-state index contributed by atoms with van der Waals surface area (Å²) in [6.45, 7) is 2.00. The summed E-state index contributed by atoms with van der Waals surface area (Å²) in [5.41, 5.74) is 5.53. The molecule has 24 heavy (non-hydrogen) atoms. The number of carbonyl (C=O) groups excluding carboxylic acids is 1. The molecule has 0 spiro atoms. The number of hydrogen-bond acceptors (Lipinski definition) is 4. The molecule has 1 amide bonds. The monoisotopic (exact) mass is 339 g/mol. The number of hydrogen-bond donors (Lipinski definition) is 1. The van der Waals surface area contributed by atoms with Gasteiger partial charge in [0, 0.05) is 18.0 Å². The summed E-state index contributed by atoms with van der Waals surface area (Å²) in [4.78, 5) is 19.9. The van der Waals surface area contributed by atoms with Gasteiger partial charge in [-0.2, -0.15) is 5.10 Å². The maximum Gasteiger partial charge on any atom is 0.271 e. The number of carbonyl (C=O) groups is 1. The fraction of sp³-hybridized carbons (Fsp3) is 0.0588. The summed E-state index contributed by atoms with van der Waals surface area (Å²) in [6.07, 6.45) is 6.18. The number of aromatic nitrogens is 3. The Morgan fingerprint density at radius 3 is 2.75 bits per heavy atom. The molecule has 0 unspecified atom stereocenters. The molecule has 2 heterocycles. The molecule has 0 saturated heterocycles. The topological polar surface area (TPSA) is 72.2 Å². The molecule has 0 aliphatic carbocycles. The summed E-state index contributed by atoms with van der Waals surface area (Å²) < 4.78 is 1.82. The molecule has 7 heteroatoms. The third kappa shape index (κ3) is 3.33. The number of nitrogens with zero attached hydrogens (tertiary/aromatic N) is 4. The number of halogens is 1. The lowest BCUT2D eigenvalue weighted by atomic mass is 10.2. The molecule has 0 bridgehead atoms. The minimum absolute atomic E-state index is 0.306. The summed E-state index contributed by atoms with van der Waals surface area (Å²) in [5, 5.41) is 4.28. The van der Waals surface area contributed by atoms with Gasteiger partial charge in [0.1, 0.15) is 12.0 Å². The van der Waals surface area contributed by atoms with Gasteiger partial charge >= 0.3 is 0 Å². The van der Waals surface area contributed by atoms with E-state index in [9.17, 15) is 4.79 Å². The average molecular weight is 340 g/mol.